The number of sulfonamides is 1. The maximum absolute atomic E-state index is 12.0. The van der Waals surface area contributed by atoms with Crippen molar-refractivity contribution in [1.82, 2.24) is 4.72 Å². The Balaban J connectivity index is 2.92. The first-order chi connectivity index (χ1) is 7.86. The third kappa shape index (κ3) is 3.71. The first kappa shape index (κ1) is 14.0. The molecular formula is C12H19NO3S. The zero-order valence-corrected chi connectivity index (χ0v) is 11.2. The van der Waals surface area contributed by atoms with E-state index in [1.165, 1.54) is 24.3 Å². The zero-order chi connectivity index (χ0) is 13.1. The maximum atomic E-state index is 12.0. The lowest BCUT2D eigenvalue weighted by Crippen LogP contribution is -2.37. The van der Waals surface area contributed by atoms with Crippen LogP contribution in [0.25, 0.3) is 0 Å². The van der Waals surface area contributed by atoms with Crippen LogP contribution in [0.4, 0.5) is 0 Å². The molecule has 17 heavy (non-hydrogen) atoms. The van der Waals surface area contributed by atoms with Gasteiger partial charge in [0.05, 0.1) is 4.90 Å². The molecule has 0 heterocycles. The predicted molar refractivity (Wildman–Crippen MR) is 67.3 cm³/mol. The van der Waals surface area contributed by atoms with Gasteiger partial charge in [0.2, 0.25) is 10.0 Å². The van der Waals surface area contributed by atoms with E-state index in [1.807, 2.05) is 20.8 Å². The molecule has 0 aliphatic rings. The summed E-state index contributed by atoms with van der Waals surface area (Å²) in [6.45, 7) is 5.91. The minimum Gasteiger partial charge on any atom is -0.508 e. The number of rotatable bonds is 5. The SMILES string of the molecule is CCC(NS(=O)(=O)c1ccc(O)cc1)C(C)C. The van der Waals surface area contributed by atoms with Crippen molar-refractivity contribution >= 4 is 10.0 Å². The average molecular weight is 257 g/mol. The van der Waals surface area contributed by atoms with E-state index < -0.39 is 10.0 Å². The fourth-order valence-corrected chi connectivity index (χ4v) is 3.05. The number of phenols is 1. The molecule has 0 aliphatic heterocycles. The quantitative estimate of drug-likeness (QED) is 0.849. The van der Waals surface area contributed by atoms with Gasteiger partial charge in [-0.25, -0.2) is 13.1 Å². The van der Waals surface area contributed by atoms with E-state index in [2.05, 4.69) is 4.72 Å². The molecule has 0 aliphatic carbocycles. The van der Waals surface area contributed by atoms with Crippen molar-refractivity contribution in [1.29, 1.82) is 0 Å². The van der Waals surface area contributed by atoms with Crippen LogP contribution in [0, 0.1) is 5.92 Å². The van der Waals surface area contributed by atoms with Crippen LogP contribution in [0.2, 0.25) is 0 Å². The van der Waals surface area contributed by atoms with Crippen molar-refractivity contribution in [2.75, 3.05) is 0 Å². The molecule has 0 amide bonds. The van der Waals surface area contributed by atoms with Gasteiger partial charge in [-0.1, -0.05) is 20.8 Å². The average Bonchev–Trinajstić information content (AvgIpc) is 2.26. The molecule has 2 N–H and O–H groups in total. The molecule has 4 nitrogen and oxygen atoms in total. The summed E-state index contributed by atoms with van der Waals surface area (Å²) >= 11 is 0. The van der Waals surface area contributed by atoms with E-state index in [1.54, 1.807) is 0 Å². The summed E-state index contributed by atoms with van der Waals surface area (Å²) in [5.41, 5.74) is 0. The summed E-state index contributed by atoms with van der Waals surface area (Å²) in [5, 5.41) is 9.12. The Morgan fingerprint density at radius 1 is 1.24 bits per heavy atom. The molecule has 1 rings (SSSR count). The summed E-state index contributed by atoms with van der Waals surface area (Å²) < 4.78 is 26.7. The number of hydrogen-bond acceptors (Lipinski definition) is 3. The van der Waals surface area contributed by atoms with Crippen LogP contribution in [0.15, 0.2) is 29.2 Å². The molecule has 96 valence electrons. The van der Waals surface area contributed by atoms with E-state index in [4.69, 9.17) is 5.11 Å². The van der Waals surface area contributed by atoms with Gasteiger partial charge in [-0.2, -0.15) is 0 Å². The van der Waals surface area contributed by atoms with Gasteiger partial charge < -0.3 is 5.11 Å². The van der Waals surface area contributed by atoms with E-state index in [-0.39, 0.29) is 22.6 Å². The largest absolute Gasteiger partial charge is 0.508 e. The van der Waals surface area contributed by atoms with Gasteiger partial charge in [0.1, 0.15) is 5.75 Å². The Hall–Kier alpha value is -1.07. The number of aromatic hydroxyl groups is 1. The maximum Gasteiger partial charge on any atom is 0.240 e. The summed E-state index contributed by atoms with van der Waals surface area (Å²) in [4.78, 5) is 0.175. The Bertz CT molecular complexity index is 451. The Morgan fingerprint density at radius 2 is 1.76 bits per heavy atom. The van der Waals surface area contributed by atoms with Crippen molar-refractivity contribution < 1.29 is 13.5 Å². The second-order valence-corrected chi connectivity index (χ2v) is 6.09. The van der Waals surface area contributed by atoms with Crippen LogP contribution in [0.1, 0.15) is 27.2 Å². The molecule has 0 aromatic heterocycles. The normalized spacial score (nSPS) is 13.9. The molecule has 0 spiro atoms. The summed E-state index contributed by atoms with van der Waals surface area (Å²) in [7, 11) is -3.49. The fraction of sp³-hybridized carbons (Fsp3) is 0.500. The number of nitrogens with one attached hydrogen (secondary N) is 1. The van der Waals surface area contributed by atoms with Crippen molar-refractivity contribution in [3.63, 3.8) is 0 Å². The minimum absolute atomic E-state index is 0.0554. The van der Waals surface area contributed by atoms with Gasteiger partial charge in [0.15, 0.2) is 0 Å². The molecule has 1 unspecified atom stereocenters. The van der Waals surface area contributed by atoms with Gasteiger partial charge in [0, 0.05) is 6.04 Å². The Labute approximate surface area is 103 Å². The lowest BCUT2D eigenvalue weighted by Gasteiger charge is -2.20. The monoisotopic (exact) mass is 257 g/mol. The van der Waals surface area contributed by atoms with Crippen LogP contribution in [-0.2, 0) is 10.0 Å². The first-order valence-corrected chi connectivity index (χ1v) is 7.16. The smallest absolute Gasteiger partial charge is 0.240 e. The fourth-order valence-electron chi connectivity index (χ4n) is 1.58. The van der Waals surface area contributed by atoms with Crippen LogP contribution in [0.3, 0.4) is 0 Å². The third-order valence-electron chi connectivity index (χ3n) is 2.70. The number of benzene rings is 1. The third-order valence-corrected chi connectivity index (χ3v) is 4.20. The Kier molecular flexibility index (Phi) is 4.54. The second kappa shape index (κ2) is 5.51. The summed E-state index contributed by atoms with van der Waals surface area (Å²) in [6, 6.07) is 5.44. The molecule has 1 aromatic carbocycles. The molecule has 0 fully saturated rings. The standard InChI is InChI=1S/C12H19NO3S/c1-4-12(9(2)3)13-17(15,16)11-7-5-10(14)6-8-11/h5-9,12-14H,4H2,1-3H3. The lowest BCUT2D eigenvalue weighted by atomic mass is 10.0. The highest BCUT2D eigenvalue weighted by molar-refractivity contribution is 7.89. The van der Waals surface area contributed by atoms with Crippen LogP contribution in [0.5, 0.6) is 5.75 Å². The molecular weight excluding hydrogens is 238 g/mol. The van der Waals surface area contributed by atoms with Crippen LogP contribution < -0.4 is 4.72 Å². The number of hydrogen-bond donors (Lipinski definition) is 2. The second-order valence-electron chi connectivity index (χ2n) is 4.37. The van der Waals surface area contributed by atoms with Crippen molar-refractivity contribution in [2.45, 2.75) is 38.1 Å². The van der Waals surface area contributed by atoms with Gasteiger partial charge in [0.25, 0.3) is 0 Å². The summed E-state index contributed by atoms with van der Waals surface area (Å²) in [5.74, 6) is 0.298. The predicted octanol–water partition coefficient (Wildman–Crippen LogP) is 2.11. The van der Waals surface area contributed by atoms with Crippen molar-refractivity contribution in [3.8, 4) is 5.75 Å². The molecule has 0 saturated carbocycles. The minimum atomic E-state index is -3.49. The van der Waals surface area contributed by atoms with Gasteiger partial charge >= 0.3 is 0 Å². The van der Waals surface area contributed by atoms with Crippen molar-refractivity contribution in [3.05, 3.63) is 24.3 Å². The van der Waals surface area contributed by atoms with Gasteiger partial charge in [-0.15, -0.1) is 0 Å². The molecule has 0 bridgehead atoms. The molecule has 5 heteroatoms. The van der Waals surface area contributed by atoms with Crippen LogP contribution >= 0.6 is 0 Å². The first-order valence-electron chi connectivity index (χ1n) is 5.68. The van der Waals surface area contributed by atoms with Crippen LogP contribution in [-0.4, -0.2) is 19.6 Å². The summed E-state index contributed by atoms with van der Waals surface area (Å²) in [6.07, 6.45) is 0.745. The van der Waals surface area contributed by atoms with E-state index in [0.717, 1.165) is 6.42 Å². The lowest BCUT2D eigenvalue weighted by molar-refractivity contribution is 0.437. The number of phenolic OH excluding ortho intramolecular Hbond substituents is 1. The Morgan fingerprint density at radius 3 is 2.18 bits per heavy atom. The molecule has 0 radical (unpaired) electrons. The van der Waals surface area contributed by atoms with E-state index >= 15 is 0 Å². The highest BCUT2D eigenvalue weighted by Gasteiger charge is 2.20. The van der Waals surface area contributed by atoms with E-state index in [0.29, 0.717) is 0 Å². The topological polar surface area (TPSA) is 66.4 Å². The van der Waals surface area contributed by atoms with E-state index in [9.17, 15) is 8.42 Å². The zero-order valence-electron chi connectivity index (χ0n) is 10.3. The molecule has 1 atom stereocenters. The van der Waals surface area contributed by atoms with Gasteiger partial charge in [-0.05, 0) is 36.6 Å². The van der Waals surface area contributed by atoms with Crippen molar-refractivity contribution in [2.24, 2.45) is 5.92 Å². The highest BCUT2D eigenvalue weighted by atomic mass is 32.2. The molecule has 1 aromatic rings. The highest BCUT2D eigenvalue weighted by Crippen LogP contribution is 2.16. The van der Waals surface area contributed by atoms with Gasteiger partial charge in [-0.3, -0.25) is 0 Å². The molecule has 0 saturated heterocycles.